The lowest BCUT2D eigenvalue weighted by Crippen LogP contribution is -2.37. The van der Waals surface area contributed by atoms with Crippen LogP contribution >= 0.6 is 0 Å². The summed E-state index contributed by atoms with van der Waals surface area (Å²) in [6.07, 6.45) is 11.1. The van der Waals surface area contributed by atoms with E-state index in [9.17, 15) is 4.79 Å². The highest BCUT2D eigenvalue weighted by molar-refractivity contribution is 5.89. The van der Waals surface area contributed by atoms with Crippen LogP contribution < -0.4 is 5.32 Å². The van der Waals surface area contributed by atoms with Gasteiger partial charge in [-0.1, -0.05) is 100 Å². The molecule has 2 aromatic carbocycles. The van der Waals surface area contributed by atoms with Crippen molar-refractivity contribution < 1.29 is 4.79 Å². The van der Waals surface area contributed by atoms with Gasteiger partial charge in [0.05, 0.1) is 0 Å². The van der Waals surface area contributed by atoms with Crippen LogP contribution in [0.4, 0.5) is 10.5 Å². The van der Waals surface area contributed by atoms with E-state index in [0.29, 0.717) is 0 Å². The van der Waals surface area contributed by atoms with E-state index in [1.54, 1.807) is 0 Å². The van der Waals surface area contributed by atoms with Crippen LogP contribution in [0.3, 0.4) is 0 Å². The number of nitrogens with zero attached hydrogens (tertiary/aromatic N) is 1. The quantitative estimate of drug-likeness (QED) is 0.376. The number of benzene rings is 2. The summed E-state index contributed by atoms with van der Waals surface area (Å²) in [6, 6.07) is 20.1. The number of rotatable bonds is 13. The largest absolute Gasteiger partial charge is 0.324 e. The maximum absolute atomic E-state index is 12.8. The molecule has 2 amide bonds. The van der Waals surface area contributed by atoms with Crippen molar-refractivity contribution in [3.05, 3.63) is 66.2 Å². The number of nitrogens with one attached hydrogen (secondary N) is 1. The van der Waals surface area contributed by atoms with Gasteiger partial charge in [0.1, 0.15) is 0 Å². The molecule has 0 atom stereocenters. The molecule has 28 heavy (non-hydrogen) atoms. The fraction of sp³-hybridized carbons (Fsp3) is 0.480. The second-order valence-electron chi connectivity index (χ2n) is 7.49. The molecular weight excluding hydrogens is 344 g/mol. The molecule has 2 rings (SSSR count). The Morgan fingerprint density at radius 2 is 1.32 bits per heavy atom. The lowest BCUT2D eigenvalue weighted by atomic mass is 10.1. The molecule has 0 aromatic heterocycles. The molecule has 0 heterocycles. The molecule has 0 radical (unpaired) electrons. The van der Waals surface area contributed by atoms with Gasteiger partial charge in [0.25, 0.3) is 0 Å². The van der Waals surface area contributed by atoms with E-state index in [4.69, 9.17) is 0 Å². The maximum Gasteiger partial charge on any atom is 0.321 e. The topological polar surface area (TPSA) is 32.3 Å². The van der Waals surface area contributed by atoms with Gasteiger partial charge in [-0.15, -0.1) is 0 Å². The number of anilines is 1. The monoisotopic (exact) mass is 380 g/mol. The summed E-state index contributed by atoms with van der Waals surface area (Å²) in [6.45, 7) is 3.82. The van der Waals surface area contributed by atoms with Gasteiger partial charge < -0.3 is 10.2 Å². The van der Waals surface area contributed by atoms with Gasteiger partial charge in [0, 0.05) is 18.8 Å². The first-order chi connectivity index (χ1) is 13.8. The summed E-state index contributed by atoms with van der Waals surface area (Å²) < 4.78 is 0. The zero-order chi connectivity index (χ0) is 19.9. The highest BCUT2D eigenvalue weighted by Crippen LogP contribution is 2.11. The van der Waals surface area contributed by atoms with E-state index in [0.717, 1.165) is 31.6 Å². The van der Waals surface area contributed by atoms with Crippen molar-refractivity contribution in [1.82, 2.24) is 4.90 Å². The fourth-order valence-corrected chi connectivity index (χ4v) is 3.38. The highest BCUT2D eigenvalue weighted by atomic mass is 16.2. The minimum absolute atomic E-state index is 0.00470. The van der Waals surface area contributed by atoms with Gasteiger partial charge in [-0.25, -0.2) is 4.79 Å². The lowest BCUT2D eigenvalue weighted by Gasteiger charge is -2.23. The van der Waals surface area contributed by atoms with Gasteiger partial charge in [-0.2, -0.15) is 0 Å². The van der Waals surface area contributed by atoms with Crippen LogP contribution in [0, 0.1) is 0 Å². The molecule has 0 fully saturated rings. The third kappa shape index (κ3) is 9.07. The Labute approximate surface area is 171 Å². The molecule has 0 saturated carbocycles. The van der Waals surface area contributed by atoms with Crippen LogP contribution in [-0.2, 0) is 6.42 Å². The average molecular weight is 381 g/mol. The number of para-hydroxylation sites is 1. The maximum atomic E-state index is 12.8. The minimum Gasteiger partial charge on any atom is -0.324 e. The first-order valence-electron chi connectivity index (χ1n) is 10.9. The SMILES string of the molecule is CCCCCCCCCCN(CCc1ccccc1)C(=O)Nc1ccccc1. The Hall–Kier alpha value is -2.29. The molecule has 0 aliphatic carbocycles. The Morgan fingerprint density at radius 1 is 0.750 bits per heavy atom. The second-order valence-corrected chi connectivity index (χ2v) is 7.49. The molecule has 0 saturated heterocycles. The van der Waals surface area contributed by atoms with Crippen LogP contribution in [0.5, 0.6) is 0 Å². The zero-order valence-electron chi connectivity index (χ0n) is 17.4. The Bertz CT molecular complexity index is 642. The van der Waals surface area contributed by atoms with Crippen molar-refractivity contribution in [3.8, 4) is 0 Å². The third-order valence-corrected chi connectivity index (χ3v) is 5.11. The molecule has 3 heteroatoms. The highest BCUT2D eigenvalue weighted by Gasteiger charge is 2.13. The molecule has 2 aromatic rings. The number of hydrogen-bond donors (Lipinski definition) is 1. The standard InChI is InChI=1S/C25H36N2O/c1-2-3-4-5-6-7-8-15-21-27(22-20-23-16-11-9-12-17-23)25(28)26-24-18-13-10-14-19-24/h9-14,16-19H,2-8,15,20-22H2,1H3,(H,26,28). The van der Waals surface area contributed by atoms with E-state index in [1.807, 2.05) is 41.3 Å². The van der Waals surface area contributed by atoms with Gasteiger partial charge in [0.15, 0.2) is 0 Å². The van der Waals surface area contributed by atoms with Crippen molar-refractivity contribution in [3.63, 3.8) is 0 Å². The Morgan fingerprint density at radius 3 is 1.96 bits per heavy atom. The summed E-state index contributed by atoms with van der Waals surface area (Å²) in [4.78, 5) is 14.8. The number of amides is 2. The van der Waals surface area contributed by atoms with E-state index in [1.165, 1.54) is 50.5 Å². The minimum atomic E-state index is 0.00470. The van der Waals surface area contributed by atoms with Crippen molar-refractivity contribution in [2.24, 2.45) is 0 Å². The van der Waals surface area contributed by atoms with Crippen LogP contribution in [0.25, 0.3) is 0 Å². The predicted octanol–water partition coefficient (Wildman–Crippen LogP) is 6.90. The van der Waals surface area contributed by atoms with Crippen LogP contribution in [0.15, 0.2) is 60.7 Å². The fourth-order valence-electron chi connectivity index (χ4n) is 3.38. The molecule has 3 nitrogen and oxygen atoms in total. The lowest BCUT2D eigenvalue weighted by molar-refractivity contribution is 0.211. The summed E-state index contributed by atoms with van der Waals surface area (Å²) in [5, 5.41) is 3.04. The summed E-state index contributed by atoms with van der Waals surface area (Å²) in [5.74, 6) is 0. The Kier molecular flexibility index (Phi) is 10.9. The van der Waals surface area contributed by atoms with Gasteiger partial charge in [-0.3, -0.25) is 0 Å². The first kappa shape index (κ1) is 22.0. The van der Waals surface area contributed by atoms with Gasteiger partial charge in [0.2, 0.25) is 0 Å². The molecule has 0 unspecified atom stereocenters. The first-order valence-corrected chi connectivity index (χ1v) is 10.9. The number of carbonyl (C=O) groups is 1. The molecule has 0 spiro atoms. The van der Waals surface area contributed by atoms with Crippen LogP contribution in [0.1, 0.15) is 63.9 Å². The van der Waals surface area contributed by atoms with Crippen molar-refractivity contribution in [2.45, 2.75) is 64.7 Å². The summed E-state index contributed by atoms with van der Waals surface area (Å²) in [7, 11) is 0. The van der Waals surface area contributed by atoms with E-state index in [2.05, 4.69) is 36.5 Å². The van der Waals surface area contributed by atoms with Crippen molar-refractivity contribution >= 4 is 11.7 Å². The van der Waals surface area contributed by atoms with E-state index in [-0.39, 0.29) is 6.03 Å². The van der Waals surface area contributed by atoms with Gasteiger partial charge >= 0.3 is 6.03 Å². The van der Waals surface area contributed by atoms with Gasteiger partial charge in [-0.05, 0) is 30.5 Å². The van der Waals surface area contributed by atoms with Crippen LogP contribution in [-0.4, -0.2) is 24.0 Å². The number of urea groups is 1. The predicted molar refractivity (Wildman–Crippen MR) is 120 cm³/mol. The summed E-state index contributed by atoms with van der Waals surface area (Å²) in [5.41, 5.74) is 2.13. The van der Waals surface area contributed by atoms with Crippen LogP contribution in [0.2, 0.25) is 0 Å². The normalized spacial score (nSPS) is 10.6. The molecule has 0 aliphatic heterocycles. The number of hydrogen-bond acceptors (Lipinski definition) is 1. The van der Waals surface area contributed by atoms with E-state index < -0.39 is 0 Å². The average Bonchev–Trinajstić information content (AvgIpc) is 2.73. The molecule has 0 bridgehead atoms. The third-order valence-electron chi connectivity index (χ3n) is 5.11. The number of carbonyl (C=O) groups excluding carboxylic acids is 1. The van der Waals surface area contributed by atoms with Crippen molar-refractivity contribution in [1.29, 1.82) is 0 Å². The Balaban J connectivity index is 1.78. The van der Waals surface area contributed by atoms with Crippen molar-refractivity contribution in [2.75, 3.05) is 18.4 Å². The summed E-state index contributed by atoms with van der Waals surface area (Å²) >= 11 is 0. The second kappa shape index (κ2) is 13.8. The zero-order valence-corrected chi connectivity index (χ0v) is 17.4. The molecule has 1 N–H and O–H groups in total. The molecular formula is C25H36N2O. The number of unbranched alkanes of at least 4 members (excludes halogenated alkanes) is 7. The van der Waals surface area contributed by atoms with E-state index >= 15 is 0 Å². The molecule has 0 aliphatic rings. The smallest absolute Gasteiger partial charge is 0.321 e. The molecule has 152 valence electrons.